The van der Waals surface area contributed by atoms with E-state index in [1.165, 1.54) is 25.7 Å². The molecule has 3 nitrogen and oxygen atoms in total. The SMILES string of the molecule is CC1(CNC(=O)C(C)(C)C(C)(C)N)CCCC1. The van der Waals surface area contributed by atoms with Gasteiger partial charge in [0.15, 0.2) is 0 Å². The van der Waals surface area contributed by atoms with Gasteiger partial charge in [-0.25, -0.2) is 0 Å². The van der Waals surface area contributed by atoms with Crippen LogP contribution < -0.4 is 11.1 Å². The maximum absolute atomic E-state index is 12.2. The van der Waals surface area contributed by atoms with Gasteiger partial charge in [-0.05, 0) is 46.0 Å². The van der Waals surface area contributed by atoms with Crippen molar-refractivity contribution in [3.63, 3.8) is 0 Å². The molecule has 100 valence electrons. The highest BCUT2D eigenvalue weighted by Gasteiger charge is 2.41. The van der Waals surface area contributed by atoms with Crippen LogP contribution in [-0.4, -0.2) is 18.0 Å². The van der Waals surface area contributed by atoms with Crippen molar-refractivity contribution in [2.75, 3.05) is 6.54 Å². The van der Waals surface area contributed by atoms with Gasteiger partial charge in [-0.15, -0.1) is 0 Å². The van der Waals surface area contributed by atoms with Gasteiger partial charge >= 0.3 is 0 Å². The fourth-order valence-corrected chi connectivity index (χ4v) is 2.21. The molecule has 0 spiro atoms. The lowest BCUT2D eigenvalue weighted by molar-refractivity contribution is -0.132. The predicted molar refractivity (Wildman–Crippen MR) is 71.6 cm³/mol. The highest BCUT2D eigenvalue weighted by Crippen LogP contribution is 2.37. The molecule has 0 aliphatic heterocycles. The second kappa shape index (κ2) is 4.60. The zero-order valence-corrected chi connectivity index (χ0v) is 12.0. The molecular formula is C14H28N2O. The second-order valence-corrected chi connectivity index (χ2v) is 7.05. The molecule has 1 rings (SSSR count). The van der Waals surface area contributed by atoms with Crippen LogP contribution in [0.15, 0.2) is 0 Å². The van der Waals surface area contributed by atoms with Crippen LogP contribution in [0.2, 0.25) is 0 Å². The van der Waals surface area contributed by atoms with Crippen molar-refractivity contribution in [3.8, 4) is 0 Å². The van der Waals surface area contributed by atoms with Gasteiger partial charge in [-0.1, -0.05) is 19.8 Å². The van der Waals surface area contributed by atoms with Gasteiger partial charge in [0, 0.05) is 12.1 Å². The maximum Gasteiger partial charge on any atom is 0.227 e. The molecule has 1 aliphatic rings. The topological polar surface area (TPSA) is 55.1 Å². The van der Waals surface area contributed by atoms with E-state index in [0.29, 0.717) is 5.41 Å². The largest absolute Gasteiger partial charge is 0.355 e. The van der Waals surface area contributed by atoms with Crippen molar-refractivity contribution in [1.29, 1.82) is 0 Å². The van der Waals surface area contributed by atoms with E-state index in [-0.39, 0.29) is 5.91 Å². The van der Waals surface area contributed by atoms with Crippen molar-refractivity contribution < 1.29 is 4.79 Å². The summed E-state index contributed by atoms with van der Waals surface area (Å²) < 4.78 is 0. The lowest BCUT2D eigenvalue weighted by Crippen LogP contribution is -2.56. The number of nitrogens with one attached hydrogen (secondary N) is 1. The van der Waals surface area contributed by atoms with Crippen LogP contribution in [-0.2, 0) is 4.79 Å². The Morgan fingerprint density at radius 3 is 2.12 bits per heavy atom. The molecule has 0 bridgehead atoms. The molecular weight excluding hydrogens is 212 g/mol. The minimum absolute atomic E-state index is 0.0677. The van der Waals surface area contributed by atoms with Crippen LogP contribution in [0.4, 0.5) is 0 Å². The molecule has 0 aromatic heterocycles. The Kier molecular flexibility index (Phi) is 3.92. The molecule has 0 unspecified atom stereocenters. The molecule has 1 saturated carbocycles. The van der Waals surface area contributed by atoms with Gasteiger partial charge in [-0.3, -0.25) is 4.79 Å². The Morgan fingerprint density at radius 1 is 1.24 bits per heavy atom. The molecule has 1 aliphatic carbocycles. The third kappa shape index (κ3) is 3.21. The van der Waals surface area contributed by atoms with Crippen molar-refractivity contribution in [1.82, 2.24) is 5.32 Å². The van der Waals surface area contributed by atoms with E-state index in [4.69, 9.17) is 5.73 Å². The summed E-state index contributed by atoms with van der Waals surface area (Å²) in [5, 5.41) is 3.09. The van der Waals surface area contributed by atoms with Crippen molar-refractivity contribution >= 4 is 5.91 Å². The van der Waals surface area contributed by atoms with Gasteiger partial charge in [0.1, 0.15) is 0 Å². The third-order valence-corrected chi connectivity index (χ3v) is 4.66. The van der Waals surface area contributed by atoms with Crippen LogP contribution in [0, 0.1) is 10.8 Å². The number of carbonyl (C=O) groups is 1. The number of hydrogen-bond acceptors (Lipinski definition) is 2. The van der Waals surface area contributed by atoms with Crippen LogP contribution in [0.5, 0.6) is 0 Å². The second-order valence-electron chi connectivity index (χ2n) is 7.05. The Balaban J connectivity index is 2.55. The summed E-state index contributed by atoms with van der Waals surface area (Å²) in [6.07, 6.45) is 5.02. The summed E-state index contributed by atoms with van der Waals surface area (Å²) in [6, 6.07) is 0. The monoisotopic (exact) mass is 240 g/mol. The first-order valence-electron chi connectivity index (χ1n) is 6.66. The zero-order valence-electron chi connectivity index (χ0n) is 12.0. The lowest BCUT2D eigenvalue weighted by Gasteiger charge is -2.38. The first-order chi connectivity index (χ1) is 7.58. The number of carbonyl (C=O) groups excluding carboxylic acids is 1. The maximum atomic E-state index is 12.2. The number of amides is 1. The highest BCUT2D eigenvalue weighted by molar-refractivity contribution is 5.83. The van der Waals surface area contributed by atoms with Crippen LogP contribution >= 0.6 is 0 Å². The van der Waals surface area contributed by atoms with E-state index in [2.05, 4.69) is 12.2 Å². The van der Waals surface area contributed by atoms with E-state index >= 15 is 0 Å². The lowest BCUT2D eigenvalue weighted by atomic mass is 9.74. The molecule has 0 aromatic rings. The normalized spacial score (nSPS) is 20.4. The fourth-order valence-electron chi connectivity index (χ4n) is 2.21. The van der Waals surface area contributed by atoms with Crippen LogP contribution in [0.25, 0.3) is 0 Å². The molecule has 0 radical (unpaired) electrons. The average Bonchev–Trinajstić information content (AvgIpc) is 2.60. The third-order valence-electron chi connectivity index (χ3n) is 4.66. The van der Waals surface area contributed by atoms with Gasteiger partial charge in [0.05, 0.1) is 5.41 Å². The molecule has 1 fully saturated rings. The Hall–Kier alpha value is -0.570. The average molecular weight is 240 g/mol. The van der Waals surface area contributed by atoms with E-state index in [9.17, 15) is 4.79 Å². The van der Waals surface area contributed by atoms with E-state index in [1.807, 2.05) is 27.7 Å². The number of nitrogens with two attached hydrogens (primary N) is 1. The molecule has 0 atom stereocenters. The first-order valence-corrected chi connectivity index (χ1v) is 6.66. The summed E-state index contributed by atoms with van der Waals surface area (Å²) >= 11 is 0. The summed E-state index contributed by atoms with van der Waals surface area (Å²) in [5.74, 6) is 0.0677. The Bertz CT molecular complexity index is 283. The van der Waals surface area contributed by atoms with Crippen molar-refractivity contribution in [3.05, 3.63) is 0 Å². The van der Waals surface area contributed by atoms with Crippen molar-refractivity contribution in [2.24, 2.45) is 16.6 Å². The van der Waals surface area contributed by atoms with Gasteiger partial charge in [0.25, 0.3) is 0 Å². The Morgan fingerprint density at radius 2 is 1.71 bits per heavy atom. The first kappa shape index (κ1) is 14.5. The summed E-state index contributed by atoms with van der Waals surface area (Å²) in [6.45, 7) is 10.7. The minimum Gasteiger partial charge on any atom is -0.355 e. The van der Waals surface area contributed by atoms with E-state index < -0.39 is 11.0 Å². The van der Waals surface area contributed by atoms with Crippen LogP contribution in [0.3, 0.4) is 0 Å². The number of rotatable bonds is 4. The summed E-state index contributed by atoms with van der Waals surface area (Å²) in [4.78, 5) is 12.2. The van der Waals surface area contributed by atoms with E-state index in [1.54, 1.807) is 0 Å². The van der Waals surface area contributed by atoms with Gasteiger partial charge < -0.3 is 11.1 Å². The molecule has 0 aromatic carbocycles. The van der Waals surface area contributed by atoms with Gasteiger partial charge in [0.2, 0.25) is 5.91 Å². The summed E-state index contributed by atoms with van der Waals surface area (Å²) in [5.41, 5.74) is 5.32. The van der Waals surface area contributed by atoms with E-state index in [0.717, 1.165) is 6.54 Å². The van der Waals surface area contributed by atoms with Crippen molar-refractivity contribution in [2.45, 2.75) is 65.8 Å². The zero-order chi connectivity index (χ0) is 13.3. The Labute approximate surface area is 106 Å². The smallest absolute Gasteiger partial charge is 0.227 e. The molecule has 3 N–H and O–H groups in total. The molecule has 0 heterocycles. The fraction of sp³-hybridized carbons (Fsp3) is 0.929. The molecule has 3 heteroatoms. The van der Waals surface area contributed by atoms with Gasteiger partial charge in [-0.2, -0.15) is 0 Å². The number of hydrogen-bond donors (Lipinski definition) is 2. The quantitative estimate of drug-likeness (QED) is 0.793. The minimum atomic E-state index is -0.540. The van der Waals surface area contributed by atoms with Crippen LogP contribution in [0.1, 0.15) is 60.3 Å². The highest BCUT2D eigenvalue weighted by atomic mass is 16.2. The summed E-state index contributed by atoms with van der Waals surface area (Å²) in [7, 11) is 0. The molecule has 17 heavy (non-hydrogen) atoms. The predicted octanol–water partition coefficient (Wildman–Crippen LogP) is 2.45. The molecule has 0 saturated heterocycles. The standard InChI is InChI=1S/C14H28N2O/c1-12(2,13(3,4)15)11(17)16-10-14(5)8-6-7-9-14/h6-10,15H2,1-5H3,(H,16,17). The molecule has 1 amide bonds.